The number of hydrogen-bond acceptors (Lipinski definition) is 4. The first-order valence-corrected chi connectivity index (χ1v) is 8.65. The van der Waals surface area contributed by atoms with Crippen molar-refractivity contribution in [3.05, 3.63) is 64.2 Å². The molecule has 0 aromatic heterocycles. The van der Waals surface area contributed by atoms with E-state index in [0.717, 1.165) is 31.5 Å². The minimum atomic E-state index is -0.470. The molecule has 136 valence electrons. The second-order valence-corrected chi connectivity index (χ2v) is 6.45. The number of benzene rings is 2. The monoisotopic (exact) mass is 354 g/mol. The molecule has 1 fully saturated rings. The highest BCUT2D eigenvalue weighted by Gasteiger charge is 2.21. The normalized spacial score (nSPS) is 14.7. The van der Waals surface area contributed by atoms with Crippen LogP contribution >= 0.6 is 0 Å². The number of urea groups is 1. The number of rotatable bonds is 4. The molecule has 2 N–H and O–H groups in total. The quantitative estimate of drug-likeness (QED) is 0.647. The molecule has 0 aliphatic carbocycles. The van der Waals surface area contributed by atoms with E-state index in [4.69, 9.17) is 0 Å². The molecular formula is C19H22N4O3. The minimum absolute atomic E-state index is 0.0398. The molecule has 1 heterocycles. The molecule has 0 bridgehead atoms. The summed E-state index contributed by atoms with van der Waals surface area (Å²) in [6.45, 7) is 3.56. The van der Waals surface area contributed by atoms with E-state index in [-0.39, 0.29) is 17.8 Å². The molecule has 1 aliphatic heterocycles. The Bertz CT molecular complexity index is 787. The first kappa shape index (κ1) is 17.7. The van der Waals surface area contributed by atoms with Gasteiger partial charge in [-0.05, 0) is 37.5 Å². The molecular weight excluding hydrogens is 332 g/mol. The fourth-order valence-corrected chi connectivity index (χ4v) is 3.12. The summed E-state index contributed by atoms with van der Waals surface area (Å²) in [4.78, 5) is 25.0. The van der Waals surface area contributed by atoms with E-state index in [1.54, 1.807) is 13.0 Å². The van der Waals surface area contributed by atoms with E-state index in [2.05, 4.69) is 27.7 Å². The van der Waals surface area contributed by atoms with Crippen LogP contribution in [0, 0.1) is 17.0 Å². The highest BCUT2D eigenvalue weighted by molar-refractivity contribution is 5.90. The summed E-state index contributed by atoms with van der Waals surface area (Å²) in [5, 5.41) is 16.6. The predicted molar refractivity (Wildman–Crippen MR) is 102 cm³/mol. The maximum absolute atomic E-state index is 12.3. The van der Waals surface area contributed by atoms with Gasteiger partial charge in [-0.3, -0.25) is 10.1 Å². The minimum Gasteiger partial charge on any atom is -0.371 e. The number of para-hydroxylation sites is 1. The van der Waals surface area contributed by atoms with Crippen LogP contribution in [0.25, 0.3) is 0 Å². The molecule has 1 saturated heterocycles. The lowest BCUT2D eigenvalue weighted by atomic mass is 10.0. The Morgan fingerprint density at radius 3 is 2.50 bits per heavy atom. The van der Waals surface area contributed by atoms with Crippen LogP contribution < -0.4 is 15.5 Å². The van der Waals surface area contributed by atoms with E-state index in [1.165, 1.54) is 17.8 Å². The van der Waals surface area contributed by atoms with Crippen molar-refractivity contribution in [3.63, 3.8) is 0 Å². The first-order valence-electron chi connectivity index (χ1n) is 8.65. The lowest BCUT2D eigenvalue weighted by molar-refractivity contribution is -0.384. The Morgan fingerprint density at radius 1 is 1.15 bits per heavy atom. The van der Waals surface area contributed by atoms with Crippen molar-refractivity contribution in [1.82, 2.24) is 5.32 Å². The second-order valence-electron chi connectivity index (χ2n) is 6.45. The maximum atomic E-state index is 12.3. The topological polar surface area (TPSA) is 87.5 Å². The summed E-state index contributed by atoms with van der Waals surface area (Å²) in [5.74, 6) is 0. The molecule has 0 atom stereocenters. The van der Waals surface area contributed by atoms with Gasteiger partial charge >= 0.3 is 6.03 Å². The summed E-state index contributed by atoms with van der Waals surface area (Å²) in [6, 6.07) is 14.4. The smallest absolute Gasteiger partial charge is 0.319 e. The van der Waals surface area contributed by atoms with Crippen LogP contribution in [-0.4, -0.2) is 30.1 Å². The van der Waals surface area contributed by atoms with Gasteiger partial charge < -0.3 is 15.5 Å². The van der Waals surface area contributed by atoms with Gasteiger partial charge in [0.15, 0.2) is 0 Å². The molecule has 0 unspecified atom stereocenters. The fraction of sp³-hybridized carbons (Fsp3) is 0.316. The number of piperidine rings is 1. The largest absolute Gasteiger partial charge is 0.371 e. The van der Waals surface area contributed by atoms with Crippen molar-refractivity contribution in [2.45, 2.75) is 25.8 Å². The number of carbonyl (C=O) groups excluding carboxylic acids is 1. The molecule has 7 nitrogen and oxygen atoms in total. The first-order chi connectivity index (χ1) is 12.5. The molecule has 7 heteroatoms. The third-order valence-electron chi connectivity index (χ3n) is 4.63. The van der Waals surface area contributed by atoms with Crippen molar-refractivity contribution in [2.75, 3.05) is 23.3 Å². The van der Waals surface area contributed by atoms with Crippen LogP contribution in [0.15, 0.2) is 48.5 Å². The van der Waals surface area contributed by atoms with Gasteiger partial charge in [0.25, 0.3) is 5.69 Å². The van der Waals surface area contributed by atoms with Crippen LogP contribution in [-0.2, 0) is 0 Å². The van der Waals surface area contributed by atoms with Gasteiger partial charge in [0.1, 0.15) is 0 Å². The number of nitro groups is 1. The lowest BCUT2D eigenvalue weighted by Gasteiger charge is -2.34. The zero-order valence-corrected chi connectivity index (χ0v) is 14.6. The van der Waals surface area contributed by atoms with Crippen LogP contribution in [0.4, 0.5) is 21.9 Å². The van der Waals surface area contributed by atoms with E-state index in [0.29, 0.717) is 5.69 Å². The van der Waals surface area contributed by atoms with Crippen LogP contribution in [0.5, 0.6) is 0 Å². The van der Waals surface area contributed by atoms with Crippen molar-refractivity contribution in [3.8, 4) is 0 Å². The van der Waals surface area contributed by atoms with Crippen LogP contribution in [0.3, 0.4) is 0 Å². The molecule has 0 spiro atoms. The number of carbonyl (C=O) groups is 1. The summed E-state index contributed by atoms with van der Waals surface area (Å²) in [7, 11) is 0. The van der Waals surface area contributed by atoms with Gasteiger partial charge in [-0.1, -0.05) is 24.3 Å². The summed E-state index contributed by atoms with van der Waals surface area (Å²) in [5.41, 5.74) is 2.40. The molecule has 3 rings (SSSR count). The van der Waals surface area contributed by atoms with Gasteiger partial charge in [-0.25, -0.2) is 4.79 Å². The zero-order chi connectivity index (χ0) is 18.5. The second kappa shape index (κ2) is 7.86. The third-order valence-corrected chi connectivity index (χ3v) is 4.63. The molecule has 26 heavy (non-hydrogen) atoms. The summed E-state index contributed by atoms with van der Waals surface area (Å²) >= 11 is 0. The highest BCUT2D eigenvalue weighted by Crippen LogP contribution is 2.22. The molecule has 0 radical (unpaired) electrons. The lowest BCUT2D eigenvalue weighted by Crippen LogP contribution is -2.46. The van der Waals surface area contributed by atoms with Crippen LogP contribution in [0.1, 0.15) is 18.4 Å². The molecule has 0 saturated carbocycles. The van der Waals surface area contributed by atoms with Gasteiger partial charge in [0, 0.05) is 37.0 Å². The summed E-state index contributed by atoms with van der Waals surface area (Å²) in [6.07, 6.45) is 1.71. The number of non-ortho nitro benzene ring substituents is 1. The van der Waals surface area contributed by atoms with Crippen molar-refractivity contribution >= 4 is 23.1 Å². The predicted octanol–water partition coefficient (Wildman–Crippen LogP) is 3.69. The van der Waals surface area contributed by atoms with Crippen molar-refractivity contribution in [1.29, 1.82) is 0 Å². The van der Waals surface area contributed by atoms with Gasteiger partial charge in [-0.2, -0.15) is 0 Å². The van der Waals surface area contributed by atoms with Gasteiger partial charge in [0.05, 0.1) is 10.6 Å². The van der Waals surface area contributed by atoms with Crippen molar-refractivity contribution in [2.24, 2.45) is 0 Å². The highest BCUT2D eigenvalue weighted by atomic mass is 16.6. The summed E-state index contributed by atoms with van der Waals surface area (Å²) < 4.78 is 0. The van der Waals surface area contributed by atoms with E-state index in [9.17, 15) is 14.9 Å². The van der Waals surface area contributed by atoms with E-state index < -0.39 is 4.92 Å². The number of nitrogens with one attached hydrogen (secondary N) is 2. The number of hydrogen-bond donors (Lipinski definition) is 2. The zero-order valence-electron chi connectivity index (χ0n) is 14.6. The Kier molecular flexibility index (Phi) is 5.36. The SMILES string of the molecule is Cc1ccc([N+](=O)[O-])cc1NC(=O)NC1CCN(c2ccccc2)CC1. The number of nitrogens with zero attached hydrogens (tertiary/aromatic N) is 2. The van der Waals surface area contributed by atoms with E-state index >= 15 is 0 Å². The average Bonchev–Trinajstić information content (AvgIpc) is 2.64. The van der Waals surface area contributed by atoms with Gasteiger partial charge in [0.2, 0.25) is 0 Å². The molecule has 2 aromatic rings. The number of aryl methyl sites for hydroxylation is 1. The molecule has 2 aromatic carbocycles. The molecule has 1 aliphatic rings. The average molecular weight is 354 g/mol. The Balaban J connectivity index is 1.53. The molecule has 2 amide bonds. The van der Waals surface area contributed by atoms with Crippen LogP contribution in [0.2, 0.25) is 0 Å². The van der Waals surface area contributed by atoms with Crippen molar-refractivity contribution < 1.29 is 9.72 Å². The Labute approximate surface area is 152 Å². The maximum Gasteiger partial charge on any atom is 0.319 e. The standard InChI is InChI=1S/C19H22N4O3/c1-14-7-8-17(23(25)26)13-18(14)21-19(24)20-15-9-11-22(12-10-15)16-5-3-2-4-6-16/h2-8,13,15H,9-12H2,1H3,(H2,20,21,24). The Hall–Kier alpha value is -3.09. The van der Waals surface area contributed by atoms with Gasteiger partial charge in [-0.15, -0.1) is 0 Å². The number of amides is 2. The fourth-order valence-electron chi connectivity index (χ4n) is 3.12. The Morgan fingerprint density at radius 2 is 1.85 bits per heavy atom. The number of nitro benzene ring substituents is 1. The third kappa shape index (κ3) is 4.30. The number of anilines is 2. The van der Waals surface area contributed by atoms with E-state index in [1.807, 2.05) is 18.2 Å².